The van der Waals surface area contributed by atoms with Crippen molar-refractivity contribution in [3.05, 3.63) is 48.6 Å². The first kappa shape index (κ1) is 62.4. The van der Waals surface area contributed by atoms with Crippen molar-refractivity contribution in [2.24, 2.45) is 0 Å². The fraction of sp³-hybridized carbons (Fsp3) is 0.814. The fourth-order valence-electron chi connectivity index (χ4n) is 8.00. The van der Waals surface area contributed by atoms with Crippen molar-refractivity contribution >= 4 is 17.9 Å². The maximum atomic E-state index is 12.8. The topological polar surface area (TPSA) is 78.9 Å². The molecule has 1 unspecified atom stereocenters. The summed E-state index contributed by atoms with van der Waals surface area (Å²) < 4.78 is 16.8. The molecule has 0 saturated carbocycles. The van der Waals surface area contributed by atoms with Crippen LogP contribution in [0.3, 0.4) is 0 Å². The number of unbranched alkanes of at least 4 members (excludes halogenated alkanes) is 33. The lowest BCUT2D eigenvalue weighted by atomic mass is 10.1. The highest BCUT2D eigenvalue weighted by Crippen LogP contribution is 2.15. The van der Waals surface area contributed by atoms with Crippen molar-refractivity contribution in [2.75, 3.05) is 13.2 Å². The van der Waals surface area contributed by atoms with Crippen LogP contribution >= 0.6 is 0 Å². The molecule has 0 radical (unpaired) electrons. The van der Waals surface area contributed by atoms with Gasteiger partial charge in [-0.3, -0.25) is 14.4 Å². The molecule has 0 saturated heterocycles. The van der Waals surface area contributed by atoms with E-state index in [0.29, 0.717) is 19.3 Å². The Morgan fingerprint density at radius 1 is 0.308 bits per heavy atom. The SMILES string of the molecule is CCCC/C=C\C=C/CCCCCC(=O)OCC(COC(=O)CCCCCCC/C=C\CCCCCCCCCCC)OC(=O)CCCCCCC/C=C\CCCCCCCCCCC. The number of carbonyl (C=O) groups is 3. The number of rotatable bonds is 51. The predicted molar refractivity (Wildman–Crippen MR) is 279 cm³/mol. The van der Waals surface area contributed by atoms with E-state index in [2.05, 4.69) is 69.4 Å². The molecule has 0 fully saturated rings. The highest BCUT2D eigenvalue weighted by atomic mass is 16.6. The van der Waals surface area contributed by atoms with Crippen molar-refractivity contribution in [3.63, 3.8) is 0 Å². The Hall–Kier alpha value is -2.63. The van der Waals surface area contributed by atoms with Crippen LogP contribution < -0.4 is 0 Å². The van der Waals surface area contributed by atoms with E-state index in [-0.39, 0.29) is 31.1 Å². The van der Waals surface area contributed by atoms with Gasteiger partial charge in [-0.2, -0.15) is 0 Å². The standard InChI is InChI=1S/C59H106O6/c1-4-7-10-13-16-19-22-24-26-28-30-32-34-37-40-43-46-49-52-58(61)64-55-56(54-63-57(60)51-48-45-42-39-36-21-18-15-12-9-6-3)65-59(62)53-50-47-44-41-38-35-33-31-29-27-25-23-20-17-14-11-8-5-2/h15,18,21,30-33,36,56H,4-14,16-17,19-20,22-29,34-35,37-55H2,1-3H3/b18-15-,32-30-,33-31-,36-21-. The van der Waals surface area contributed by atoms with Crippen molar-refractivity contribution < 1.29 is 28.6 Å². The van der Waals surface area contributed by atoms with Gasteiger partial charge in [-0.1, -0.05) is 230 Å². The third-order valence-electron chi connectivity index (χ3n) is 12.3. The molecule has 0 aromatic heterocycles. The summed E-state index contributed by atoms with van der Waals surface area (Å²) in [5.41, 5.74) is 0. The Labute approximate surface area is 403 Å². The van der Waals surface area contributed by atoms with Gasteiger partial charge in [0, 0.05) is 19.3 Å². The third kappa shape index (κ3) is 52.2. The second-order valence-corrected chi connectivity index (χ2v) is 18.9. The van der Waals surface area contributed by atoms with E-state index in [0.717, 1.165) is 89.9 Å². The Morgan fingerprint density at radius 2 is 0.569 bits per heavy atom. The minimum absolute atomic E-state index is 0.0882. The molecule has 0 rings (SSSR count). The molecule has 0 aliphatic heterocycles. The molecule has 65 heavy (non-hydrogen) atoms. The third-order valence-corrected chi connectivity index (χ3v) is 12.3. The maximum absolute atomic E-state index is 12.8. The van der Waals surface area contributed by atoms with E-state index < -0.39 is 6.10 Å². The van der Waals surface area contributed by atoms with E-state index in [1.807, 2.05) is 0 Å². The molecule has 378 valence electrons. The lowest BCUT2D eigenvalue weighted by Gasteiger charge is -2.18. The second kappa shape index (κ2) is 54.0. The van der Waals surface area contributed by atoms with E-state index >= 15 is 0 Å². The summed E-state index contributed by atoms with van der Waals surface area (Å²) in [5.74, 6) is -0.923. The predicted octanol–water partition coefficient (Wildman–Crippen LogP) is 18.7. The lowest BCUT2D eigenvalue weighted by Crippen LogP contribution is -2.30. The summed E-state index contributed by atoms with van der Waals surface area (Å²) >= 11 is 0. The summed E-state index contributed by atoms with van der Waals surface area (Å²) in [6.45, 7) is 6.57. The summed E-state index contributed by atoms with van der Waals surface area (Å²) in [6, 6.07) is 0. The molecule has 0 aliphatic rings. The average Bonchev–Trinajstić information content (AvgIpc) is 3.30. The molecule has 1 atom stereocenters. The largest absolute Gasteiger partial charge is 0.462 e. The van der Waals surface area contributed by atoms with Crippen LogP contribution in [-0.2, 0) is 28.6 Å². The summed E-state index contributed by atoms with van der Waals surface area (Å²) in [4.78, 5) is 38.0. The van der Waals surface area contributed by atoms with Crippen molar-refractivity contribution in [3.8, 4) is 0 Å². The molecule has 0 heterocycles. The number of carbonyl (C=O) groups excluding carboxylic acids is 3. The summed E-state index contributed by atoms with van der Waals surface area (Å²) in [6.07, 6.45) is 65.4. The molecule has 0 aliphatic carbocycles. The van der Waals surface area contributed by atoms with Crippen LogP contribution in [0, 0.1) is 0 Å². The Balaban J connectivity index is 4.36. The summed E-state index contributed by atoms with van der Waals surface area (Å²) in [5, 5.41) is 0. The van der Waals surface area contributed by atoms with Gasteiger partial charge in [-0.15, -0.1) is 0 Å². The number of ether oxygens (including phenoxy) is 3. The lowest BCUT2D eigenvalue weighted by molar-refractivity contribution is -0.167. The summed E-state index contributed by atoms with van der Waals surface area (Å²) in [7, 11) is 0. The van der Waals surface area contributed by atoms with Gasteiger partial charge in [-0.05, 0) is 89.9 Å². The van der Waals surface area contributed by atoms with Crippen molar-refractivity contribution in [1.29, 1.82) is 0 Å². The van der Waals surface area contributed by atoms with Gasteiger partial charge in [0.05, 0.1) is 0 Å². The van der Waals surface area contributed by atoms with Gasteiger partial charge in [0.25, 0.3) is 0 Å². The Kier molecular flexibility index (Phi) is 51.8. The maximum Gasteiger partial charge on any atom is 0.306 e. The Bertz CT molecular complexity index is 1140. The van der Waals surface area contributed by atoms with Gasteiger partial charge in [-0.25, -0.2) is 0 Å². The van der Waals surface area contributed by atoms with Gasteiger partial charge in [0.2, 0.25) is 0 Å². The molecular formula is C59H106O6. The molecule has 0 N–H and O–H groups in total. The first-order chi connectivity index (χ1) is 32.0. The van der Waals surface area contributed by atoms with E-state index in [4.69, 9.17) is 14.2 Å². The van der Waals surface area contributed by atoms with Gasteiger partial charge < -0.3 is 14.2 Å². The monoisotopic (exact) mass is 911 g/mol. The first-order valence-electron chi connectivity index (χ1n) is 28.2. The van der Waals surface area contributed by atoms with Crippen LogP contribution in [0.25, 0.3) is 0 Å². The van der Waals surface area contributed by atoms with E-state index in [9.17, 15) is 14.4 Å². The number of hydrogen-bond donors (Lipinski definition) is 0. The molecule has 6 heteroatoms. The van der Waals surface area contributed by atoms with Crippen LogP contribution in [0.15, 0.2) is 48.6 Å². The normalized spacial score (nSPS) is 12.4. The highest BCUT2D eigenvalue weighted by molar-refractivity contribution is 5.71. The Morgan fingerprint density at radius 3 is 0.923 bits per heavy atom. The molecule has 0 spiro atoms. The van der Waals surface area contributed by atoms with E-state index in [1.54, 1.807) is 0 Å². The minimum atomic E-state index is -0.790. The highest BCUT2D eigenvalue weighted by Gasteiger charge is 2.19. The second-order valence-electron chi connectivity index (χ2n) is 18.9. The van der Waals surface area contributed by atoms with Crippen LogP contribution in [0.5, 0.6) is 0 Å². The van der Waals surface area contributed by atoms with E-state index in [1.165, 1.54) is 161 Å². The number of hydrogen-bond acceptors (Lipinski definition) is 6. The average molecular weight is 911 g/mol. The molecule has 0 aromatic carbocycles. The first-order valence-corrected chi connectivity index (χ1v) is 28.2. The zero-order valence-corrected chi connectivity index (χ0v) is 43.3. The fourth-order valence-corrected chi connectivity index (χ4v) is 8.00. The number of esters is 3. The van der Waals surface area contributed by atoms with Crippen LogP contribution in [0.1, 0.15) is 290 Å². The zero-order valence-electron chi connectivity index (χ0n) is 43.3. The van der Waals surface area contributed by atoms with Crippen LogP contribution in [0.2, 0.25) is 0 Å². The molecular weight excluding hydrogens is 805 g/mol. The van der Waals surface area contributed by atoms with Crippen molar-refractivity contribution in [2.45, 2.75) is 297 Å². The van der Waals surface area contributed by atoms with Gasteiger partial charge in [0.1, 0.15) is 13.2 Å². The van der Waals surface area contributed by atoms with Crippen molar-refractivity contribution in [1.82, 2.24) is 0 Å². The zero-order chi connectivity index (χ0) is 47.2. The minimum Gasteiger partial charge on any atom is -0.462 e. The van der Waals surface area contributed by atoms with Crippen LogP contribution in [-0.4, -0.2) is 37.2 Å². The van der Waals surface area contributed by atoms with Gasteiger partial charge in [0.15, 0.2) is 6.10 Å². The quantitative estimate of drug-likeness (QED) is 0.0199. The molecule has 0 aromatic rings. The molecule has 0 bridgehead atoms. The number of allylic oxidation sites excluding steroid dienone is 8. The van der Waals surface area contributed by atoms with Gasteiger partial charge >= 0.3 is 17.9 Å². The van der Waals surface area contributed by atoms with Crippen LogP contribution in [0.4, 0.5) is 0 Å². The molecule has 6 nitrogen and oxygen atoms in total. The molecule has 0 amide bonds. The smallest absolute Gasteiger partial charge is 0.306 e.